The topological polar surface area (TPSA) is 46.3 Å². The molecular formula is C14H27ClN2O. The molecule has 106 valence electrons. The Morgan fingerprint density at radius 2 is 2.06 bits per heavy atom. The van der Waals surface area contributed by atoms with Crippen LogP contribution in [0, 0.1) is 11.3 Å². The lowest BCUT2D eigenvalue weighted by Crippen LogP contribution is -2.53. The smallest absolute Gasteiger partial charge is 0.228 e. The normalized spacial score (nSPS) is 26.4. The maximum atomic E-state index is 12.7. The molecule has 2 fully saturated rings. The lowest BCUT2D eigenvalue weighted by molar-refractivity contribution is -0.150. The summed E-state index contributed by atoms with van der Waals surface area (Å²) in [5.74, 6) is 1.00. The maximum absolute atomic E-state index is 12.7. The first-order valence-corrected chi connectivity index (χ1v) is 7.08. The Bertz CT molecular complexity index is 290. The average molecular weight is 275 g/mol. The van der Waals surface area contributed by atoms with Crippen molar-refractivity contribution in [3.05, 3.63) is 0 Å². The summed E-state index contributed by atoms with van der Waals surface area (Å²) in [6, 6.07) is 0.198. The van der Waals surface area contributed by atoms with Crippen molar-refractivity contribution in [1.82, 2.24) is 4.90 Å². The average Bonchev–Trinajstić information content (AvgIpc) is 2.22. The zero-order valence-electron chi connectivity index (χ0n) is 11.7. The number of nitrogens with zero attached hydrogens (tertiary/aromatic N) is 1. The van der Waals surface area contributed by atoms with E-state index in [1.165, 1.54) is 6.42 Å². The zero-order valence-corrected chi connectivity index (χ0v) is 12.5. The zero-order chi connectivity index (χ0) is 12.5. The molecular weight excluding hydrogens is 248 g/mol. The Kier molecular flexibility index (Phi) is 5.47. The Morgan fingerprint density at radius 1 is 1.39 bits per heavy atom. The van der Waals surface area contributed by atoms with Gasteiger partial charge in [-0.15, -0.1) is 12.4 Å². The highest BCUT2D eigenvalue weighted by molar-refractivity contribution is 5.85. The van der Waals surface area contributed by atoms with Crippen LogP contribution < -0.4 is 5.73 Å². The second kappa shape index (κ2) is 6.25. The molecule has 1 aliphatic heterocycles. The van der Waals surface area contributed by atoms with Gasteiger partial charge >= 0.3 is 0 Å². The Morgan fingerprint density at radius 3 is 2.50 bits per heavy atom. The number of hydrogen-bond donors (Lipinski definition) is 1. The molecule has 2 aliphatic rings. The highest BCUT2D eigenvalue weighted by atomic mass is 35.5. The van der Waals surface area contributed by atoms with Gasteiger partial charge in [0.05, 0.1) is 0 Å². The molecule has 1 atom stereocenters. The summed E-state index contributed by atoms with van der Waals surface area (Å²) in [7, 11) is 0. The van der Waals surface area contributed by atoms with Crippen molar-refractivity contribution in [1.29, 1.82) is 0 Å². The Labute approximate surface area is 117 Å². The Hall–Kier alpha value is -0.280. The van der Waals surface area contributed by atoms with Crippen molar-refractivity contribution in [2.75, 3.05) is 13.1 Å². The summed E-state index contributed by atoms with van der Waals surface area (Å²) in [6.45, 7) is 6.13. The van der Waals surface area contributed by atoms with Gasteiger partial charge < -0.3 is 10.6 Å². The first-order valence-electron chi connectivity index (χ1n) is 7.08. The molecule has 0 spiro atoms. The number of piperidine rings is 1. The lowest BCUT2D eigenvalue weighted by Gasteiger charge is -2.46. The van der Waals surface area contributed by atoms with Crippen LogP contribution in [0.1, 0.15) is 52.4 Å². The van der Waals surface area contributed by atoms with E-state index in [2.05, 4.69) is 13.8 Å². The maximum Gasteiger partial charge on any atom is 0.228 e. The number of carbonyl (C=O) groups is 1. The van der Waals surface area contributed by atoms with Crippen LogP contribution >= 0.6 is 12.4 Å². The van der Waals surface area contributed by atoms with Gasteiger partial charge in [0.15, 0.2) is 0 Å². The highest BCUT2D eigenvalue weighted by Gasteiger charge is 2.46. The minimum Gasteiger partial charge on any atom is -0.341 e. The monoisotopic (exact) mass is 274 g/mol. The van der Waals surface area contributed by atoms with Crippen LogP contribution in [-0.2, 0) is 4.79 Å². The summed E-state index contributed by atoms with van der Waals surface area (Å²) in [5, 5.41) is 0. The van der Waals surface area contributed by atoms with E-state index in [1.807, 2.05) is 4.90 Å². The van der Waals surface area contributed by atoms with Crippen LogP contribution in [0.2, 0.25) is 0 Å². The molecule has 1 heterocycles. The minimum absolute atomic E-state index is 0. The number of nitrogens with two attached hydrogens (primary N) is 1. The number of rotatable bonds is 3. The van der Waals surface area contributed by atoms with E-state index in [9.17, 15) is 4.79 Å². The standard InChI is InChI=1S/C14H26N2O.ClH/c1-11(2)9-14(6-4-7-14)13(17)16-8-3-5-12(15)10-16;/h11-12H,3-10,15H2,1-2H3;1H. The van der Waals surface area contributed by atoms with Crippen LogP contribution in [-0.4, -0.2) is 29.9 Å². The molecule has 1 saturated heterocycles. The SMILES string of the molecule is CC(C)CC1(C(=O)N2CCCC(N)C2)CCC1.Cl. The van der Waals surface area contributed by atoms with Gasteiger partial charge in [-0.05, 0) is 38.0 Å². The summed E-state index contributed by atoms with van der Waals surface area (Å²) in [6.07, 6.45) is 6.60. The fraction of sp³-hybridized carbons (Fsp3) is 0.929. The molecule has 0 aromatic rings. The first kappa shape index (κ1) is 15.8. The van der Waals surface area contributed by atoms with E-state index in [0.717, 1.165) is 45.2 Å². The molecule has 1 aliphatic carbocycles. The molecule has 0 aromatic heterocycles. The van der Waals surface area contributed by atoms with Crippen molar-refractivity contribution in [3.8, 4) is 0 Å². The number of amides is 1. The van der Waals surface area contributed by atoms with Crippen LogP contribution in [0.5, 0.6) is 0 Å². The number of carbonyl (C=O) groups excluding carboxylic acids is 1. The molecule has 3 nitrogen and oxygen atoms in total. The second-order valence-corrected chi connectivity index (χ2v) is 6.39. The van der Waals surface area contributed by atoms with E-state index in [0.29, 0.717) is 11.8 Å². The van der Waals surface area contributed by atoms with Crippen LogP contribution in [0.3, 0.4) is 0 Å². The van der Waals surface area contributed by atoms with Crippen LogP contribution in [0.25, 0.3) is 0 Å². The van der Waals surface area contributed by atoms with Gasteiger partial charge in [-0.3, -0.25) is 4.79 Å². The lowest BCUT2D eigenvalue weighted by atomic mass is 9.63. The number of halogens is 1. The first-order chi connectivity index (χ1) is 8.03. The third-order valence-corrected chi connectivity index (χ3v) is 4.31. The summed E-state index contributed by atoms with van der Waals surface area (Å²) >= 11 is 0. The third kappa shape index (κ3) is 3.18. The van der Waals surface area contributed by atoms with Crippen molar-refractivity contribution < 1.29 is 4.79 Å². The third-order valence-electron chi connectivity index (χ3n) is 4.31. The predicted molar refractivity (Wildman–Crippen MR) is 76.8 cm³/mol. The van der Waals surface area contributed by atoms with Crippen molar-refractivity contribution in [2.45, 2.75) is 58.4 Å². The highest BCUT2D eigenvalue weighted by Crippen LogP contribution is 2.47. The fourth-order valence-corrected chi connectivity index (χ4v) is 3.42. The molecule has 0 radical (unpaired) electrons. The summed E-state index contributed by atoms with van der Waals surface area (Å²) < 4.78 is 0. The van der Waals surface area contributed by atoms with Crippen molar-refractivity contribution >= 4 is 18.3 Å². The molecule has 18 heavy (non-hydrogen) atoms. The Balaban J connectivity index is 0.00000162. The van der Waals surface area contributed by atoms with Gasteiger partial charge in [-0.1, -0.05) is 20.3 Å². The van der Waals surface area contributed by atoms with E-state index >= 15 is 0 Å². The number of hydrogen-bond acceptors (Lipinski definition) is 2. The van der Waals surface area contributed by atoms with Gasteiger partial charge in [0.25, 0.3) is 0 Å². The molecule has 1 saturated carbocycles. The minimum atomic E-state index is -0.0226. The molecule has 0 aromatic carbocycles. The van der Waals surface area contributed by atoms with Crippen LogP contribution in [0.4, 0.5) is 0 Å². The van der Waals surface area contributed by atoms with E-state index < -0.39 is 0 Å². The van der Waals surface area contributed by atoms with E-state index in [-0.39, 0.29) is 23.9 Å². The molecule has 0 bridgehead atoms. The molecule has 1 amide bonds. The molecule has 1 unspecified atom stereocenters. The molecule has 2 N–H and O–H groups in total. The van der Waals surface area contributed by atoms with Crippen molar-refractivity contribution in [3.63, 3.8) is 0 Å². The van der Waals surface area contributed by atoms with Gasteiger partial charge in [0.2, 0.25) is 5.91 Å². The molecule has 2 rings (SSSR count). The van der Waals surface area contributed by atoms with E-state index in [1.54, 1.807) is 0 Å². The largest absolute Gasteiger partial charge is 0.341 e. The fourth-order valence-electron chi connectivity index (χ4n) is 3.42. The quantitative estimate of drug-likeness (QED) is 0.860. The molecule has 4 heteroatoms. The predicted octanol–water partition coefficient (Wildman–Crippen LogP) is 2.57. The van der Waals surface area contributed by atoms with Gasteiger partial charge in [0.1, 0.15) is 0 Å². The van der Waals surface area contributed by atoms with E-state index in [4.69, 9.17) is 5.73 Å². The van der Waals surface area contributed by atoms with Crippen LogP contribution in [0.15, 0.2) is 0 Å². The summed E-state index contributed by atoms with van der Waals surface area (Å²) in [4.78, 5) is 14.7. The van der Waals surface area contributed by atoms with Crippen molar-refractivity contribution in [2.24, 2.45) is 17.1 Å². The second-order valence-electron chi connectivity index (χ2n) is 6.39. The van der Waals surface area contributed by atoms with Gasteiger partial charge in [-0.25, -0.2) is 0 Å². The van der Waals surface area contributed by atoms with Gasteiger partial charge in [-0.2, -0.15) is 0 Å². The van der Waals surface area contributed by atoms with Gasteiger partial charge in [0, 0.05) is 24.5 Å². The number of likely N-dealkylation sites (tertiary alicyclic amines) is 1. The summed E-state index contributed by atoms with van der Waals surface area (Å²) in [5.41, 5.74) is 5.95.